The molecule has 0 aromatic heterocycles. The topological polar surface area (TPSA) is 66.0 Å². The largest absolute Gasteiger partial charge is 0.493 e. The minimum Gasteiger partial charge on any atom is -0.493 e. The quantitative estimate of drug-likeness (QED) is 0.658. The van der Waals surface area contributed by atoms with E-state index in [0.717, 1.165) is 5.56 Å². The van der Waals surface area contributed by atoms with Crippen molar-refractivity contribution in [1.29, 1.82) is 0 Å². The molecule has 0 heterocycles. The summed E-state index contributed by atoms with van der Waals surface area (Å²) in [6, 6.07) is 11.1. The summed E-state index contributed by atoms with van der Waals surface area (Å²) in [7, 11) is 3.20. The zero-order valence-corrected chi connectivity index (χ0v) is 17.2. The van der Waals surface area contributed by atoms with Gasteiger partial charge in [0, 0.05) is 17.7 Å². The fourth-order valence-corrected chi connectivity index (χ4v) is 2.85. The van der Waals surface area contributed by atoms with Crippen LogP contribution in [0.4, 0.5) is 5.69 Å². The van der Waals surface area contributed by atoms with Crippen molar-refractivity contribution in [2.24, 2.45) is 5.92 Å². The van der Waals surface area contributed by atoms with Crippen molar-refractivity contribution in [2.45, 2.75) is 27.2 Å². The lowest BCUT2D eigenvalue weighted by Crippen LogP contribution is -2.22. The second-order valence-electron chi connectivity index (χ2n) is 6.31. The van der Waals surface area contributed by atoms with Gasteiger partial charge in [-0.1, -0.05) is 13.0 Å². The number of benzene rings is 2. The van der Waals surface area contributed by atoms with E-state index in [-0.39, 0.29) is 11.8 Å². The Morgan fingerprint density at radius 1 is 0.893 bits per heavy atom. The first-order chi connectivity index (χ1) is 13.5. The highest BCUT2D eigenvalue weighted by molar-refractivity contribution is 5.92. The van der Waals surface area contributed by atoms with Crippen molar-refractivity contribution in [3.63, 3.8) is 0 Å². The van der Waals surface area contributed by atoms with Crippen LogP contribution in [0.1, 0.15) is 26.3 Å². The summed E-state index contributed by atoms with van der Waals surface area (Å²) < 4.78 is 21.8. The number of carbonyl (C=O) groups is 1. The first kappa shape index (κ1) is 21.4. The number of rotatable bonds is 10. The van der Waals surface area contributed by atoms with Gasteiger partial charge in [0.1, 0.15) is 0 Å². The first-order valence-corrected chi connectivity index (χ1v) is 9.43. The molecule has 6 heteroatoms. The van der Waals surface area contributed by atoms with E-state index in [1.807, 2.05) is 51.1 Å². The van der Waals surface area contributed by atoms with Crippen LogP contribution >= 0.6 is 0 Å². The fraction of sp³-hybridized carbons (Fsp3) is 0.409. The third-order valence-corrected chi connectivity index (χ3v) is 4.25. The van der Waals surface area contributed by atoms with Crippen LogP contribution in [0.25, 0.3) is 0 Å². The predicted octanol–water partition coefficient (Wildman–Crippen LogP) is 4.32. The average Bonchev–Trinajstić information content (AvgIpc) is 2.70. The number of ether oxygens (including phenoxy) is 4. The van der Waals surface area contributed by atoms with E-state index in [1.54, 1.807) is 20.3 Å². The maximum Gasteiger partial charge on any atom is 0.227 e. The molecule has 0 bridgehead atoms. The van der Waals surface area contributed by atoms with E-state index in [1.165, 1.54) is 0 Å². The summed E-state index contributed by atoms with van der Waals surface area (Å²) >= 11 is 0. The lowest BCUT2D eigenvalue weighted by molar-refractivity contribution is -0.119. The molecule has 0 radical (unpaired) electrons. The van der Waals surface area contributed by atoms with E-state index in [9.17, 15) is 4.79 Å². The molecule has 0 saturated carbocycles. The molecule has 0 saturated heterocycles. The average molecular weight is 387 g/mol. The zero-order valence-electron chi connectivity index (χ0n) is 17.2. The maximum absolute atomic E-state index is 12.6. The van der Waals surface area contributed by atoms with Gasteiger partial charge in [-0.15, -0.1) is 0 Å². The molecule has 2 aromatic rings. The van der Waals surface area contributed by atoms with Gasteiger partial charge in [-0.05, 0) is 50.1 Å². The van der Waals surface area contributed by atoms with Gasteiger partial charge in [0.2, 0.25) is 5.91 Å². The summed E-state index contributed by atoms with van der Waals surface area (Å²) in [5.74, 6) is 2.32. The van der Waals surface area contributed by atoms with Gasteiger partial charge in [0.05, 0.1) is 27.4 Å². The summed E-state index contributed by atoms with van der Waals surface area (Å²) in [5.41, 5.74) is 1.68. The van der Waals surface area contributed by atoms with Gasteiger partial charge in [-0.2, -0.15) is 0 Å². The molecule has 28 heavy (non-hydrogen) atoms. The highest BCUT2D eigenvalue weighted by atomic mass is 16.5. The Hall–Kier alpha value is -2.89. The number of amides is 1. The van der Waals surface area contributed by atoms with Crippen LogP contribution in [0.5, 0.6) is 23.0 Å². The molecule has 2 rings (SSSR count). The van der Waals surface area contributed by atoms with E-state index in [2.05, 4.69) is 5.32 Å². The van der Waals surface area contributed by atoms with Gasteiger partial charge < -0.3 is 24.3 Å². The lowest BCUT2D eigenvalue weighted by Gasteiger charge is -2.16. The van der Waals surface area contributed by atoms with Gasteiger partial charge in [-0.3, -0.25) is 4.79 Å². The number of anilines is 1. The van der Waals surface area contributed by atoms with Crippen LogP contribution < -0.4 is 24.3 Å². The van der Waals surface area contributed by atoms with Crippen LogP contribution in [0.15, 0.2) is 36.4 Å². The second-order valence-corrected chi connectivity index (χ2v) is 6.31. The summed E-state index contributed by atoms with van der Waals surface area (Å²) in [5, 5.41) is 2.95. The third-order valence-electron chi connectivity index (χ3n) is 4.25. The van der Waals surface area contributed by atoms with E-state index in [4.69, 9.17) is 18.9 Å². The molecule has 2 aromatic carbocycles. The first-order valence-electron chi connectivity index (χ1n) is 9.43. The molecule has 1 amide bonds. The molecule has 1 unspecified atom stereocenters. The Morgan fingerprint density at radius 3 is 2.18 bits per heavy atom. The van der Waals surface area contributed by atoms with Crippen LogP contribution in [-0.4, -0.2) is 33.3 Å². The standard InChI is InChI=1S/C22H29NO5/c1-6-27-19-11-9-17(14-21(19)28-7-2)23-22(24)15(3)12-16-8-10-18(25-4)20(13-16)26-5/h8-11,13-15H,6-7,12H2,1-5H3,(H,23,24). The maximum atomic E-state index is 12.6. The molecule has 0 aliphatic heterocycles. The summed E-state index contributed by atoms with van der Waals surface area (Å²) in [6.07, 6.45) is 0.585. The molecule has 0 spiro atoms. The van der Waals surface area contributed by atoms with Crippen LogP contribution in [0, 0.1) is 5.92 Å². The second kappa shape index (κ2) is 10.4. The minimum atomic E-state index is -0.222. The van der Waals surface area contributed by atoms with Crippen molar-refractivity contribution in [3.05, 3.63) is 42.0 Å². The highest BCUT2D eigenvalue weighted by Crippen LogP contribution is 2.31. The van der Waals surface area contributed by atoms with Crippen LogP contribution in [0.2, 0.25) is 0 Å². The SMILES string of the molecule is CCOc1ccc(NC(=O)C(C)Cc2ccc(OC)c(OC)c2)cc1OCC. The Balaban J connectivity index is 2.06. The van der Waals surface area contributed by atoms with Crippen molar-refractivity contribution in [2.75, 3.05) is 32.8 Å². The lowest BCUT2D eigenvalue weighted by atomic mass is 10.00. The Kier molecular flexibility index (Phi) is 7.99. The number of nitrogens with one attached hydrogen (secondary N) is 1. The fourth-order valence-electron chi connectivity index (χ4n) is 2.85. The Morgan fingerprint density at radius 2 is 1.54 bits per heavy atom. The molecule has 1 atom stereocenters. The minimum absolute atomic E-state index is 0.0682. The number of methoxy groups -OCH3 is 2. The van der Waals surface area contributed by atoms with Gasteiger partial charge in [-0.25, -0.2) is 0 Å². The van der Waals surface area contributed by atoms with E-state index in [0.29, 0.717) is 48.3 Å². The van der Waals surface area contributed by atoms with Gasteiger partial charge in [0.25, 0.3) is 0 Å². The molecule has 6 nitrogen and oxygen atoms in total. The van der Waals surface area contributed by atoms with E-state index >= 15 is 0 Å². The van der Waals surface area contributed by atoms with Crippen molar-refractivity contribution < 1.29 is 23.7 Å². The molecular weight excluding hydrogens is 358 g/mol. The monoisotopic (exact) mass is 387 g/mol. The van der Waals surface area contributed by atoms with Crippen molar-refractivity contribution in [1.82, 2.24) is 0 Å². The van der Waals surface area contributed by atoms with Gasteiger partial charge >= 0.3 is 0 Å². The number of hydrogen-bond acceptors (Lipinski definition) is 5. The molecular formula is C22H29NO5. The van der Waals surface area contributed by atoms with Crippen LogP contribution in [0.3, 0.4) is 0 Å². The van der Waals surface area contributed by atoms with Crippen molar-refractivity contribution in [3.8, 4) is 23.0 Å². The molecule has 0 aliphatic rings. The molecule has 0 fully saturated rings. The van der Waals surface area contributed by atoms with Crippen molar-refractivity contribution >= 4 is 11.6 Å². The zero-order chi connectivity index (χ0) is 20.5. The summed E-state index contributed by atoms with van der Waals surface area (Å²) in [6.45, 7) is 6.79. The molecule has 152 valence electrons. The van der Waals surface area contributed by atoms with Crippen LogP contribution in [-0.2, 0) is 11.2 Å². The number of carbonyl (C=O) groups excluding carboxylic acids is 1. The predicted molar refractivity (Wildman–Crippen MR) is 110 cm³/mol. The Bertz CT molecular complexity index is 790. The smallest absolute Gasteiger partial charge is 0.227 e. The summed E-state index contributed by atoms with van der Waals surface area (Å²) in [4.78, 5) is 12.6. The molecule has 1 N–H and O–H groups in total. The molecule has 0 aliphatic carbocycles. The number of hydrogen-bond donors (Lipinski definition) is 1. The Labute approximate surface area is 166 Å². The third kappa shape index (κ3) is 5.55. The van der Waals surface area contributed by atoms with E-state index < -0.39 is 0 Å². The normalized spacial score (nSPS) is 11.5. The van der Waals surface area contributed by atoms with Gasteiger partial charge in [0.15, 0.2) is 23.0 Å². The highest BCUT2D eigenvalue weighted by Gasteiger charge is 2.16.